The first-order valence-corrected chi connectivity index (χ1v) is 7.47. The van der Waals surface area contributed by atoms with Crippen molar-refractivity contribution in [3.05, 3.63) is 46.2 Å². The monoisotopic (exact) mass is 285 g/mol. The molecule has 0 spiro atoms. The zero-order valence-electron chi connectivity index (χ0n) is 13.1. The molecule has 4 heteroatoms. The second-order valence-electron chi connectivity index (χ2n) is 5.71. The topological polar surface area (TPSA) is 57.8 Å². The zero-order valence-corrected chi connectivity index (χ0v) is 13.1. The Morgan fingerprint density at radius 1 is 1.19 bits per heavy atom. The van der Waals surface area contributed by atoms with Crippen LogP contribution >= 0.6 is 0 Å². The summed E-state index contributed by atoms with van der Waals surface area (Å²) in [5, 5.41) is 3.21. The Hall–Kier alpha value is -2.10. The average molecular weight is 285 g/mol. The summed E-state index contributed by atoms with van der Waals surface area (Å²) in [4.78, 5) is 19.0. The number of hydrogen-bond donors (Lipinski definition) is 2. The Morgan fingerprint density at radius 2 is 1.86 bits per heavy atom. The van der Waals surface area contributed by atoms with Gasteiger partial charge in [0.1, 0.15) is 0 Å². The van der Waals surface area contributed by atoms with Crippen molar-refractivity contribution >= 4 is 5.95 Å². The van der Waals surface area contributed by atoms with Crippen LogP contribution in [0.25, 0.3) is 11.3 Å². The maximum absolute atomic E-state index is 11.8. The van der Waals surface area contributed by atoms with Gasteiger partial charge in [-0.25, -0.2) is 4.98 Å². The highest BCUT2D eigenvalue weighted by atomic mass is 16.1. The third kappa shape index (κ3) is 3.94. The van der Waals surface area contributed by atoms with E-state index in [1.807, 2.05) is 12.1 Å². The standard InChI is InChI=1S/C17H23N3O/c1-5-12(4)18-17-19-15(10-16(21)20-17)14-8-6-13(7-9-14)11(2)3/h6-12H,5H2,1-4H3,(H2,18,19,20,21). The third-order valence-electron chi connectivity index (χ3n) is 3.61. The van der Waals surface area contributed by atoms with Gasteiger partial charge in [0.2, 0.25) is 5.95 Å². The minimum atomic E-state index is -0.140. The molecule has 2 aromatic rings. The molecule has 1 aromatic carbocycles. The Morgan fingerprint density at radius 3 is 2.43 bits per heavy atom. The van der Waals surface area contributed by atoms with Crippen LogP contribution < -0.4 is 10.9 Å². The summed E-state index contributed by atoms with van der Waals surface area (Å²) >= 11 is 0. The smallest absolute Gasteiger partial charge is 0.252 e. The van der Waals surface area contributed by atoms with Crippen molar-refractivity contribution in [2.75, 3.05) is 5.32 Å². The summed E-state index contributed by atoms with van der Waals surface area (Å²) in [5.41, 5.74) is 2.79. The van der Waals surface area contributed by atoms with Crippen molar-refractivity contribution in [2.45, 2.75) is 46.1 Å². The van der Waals surface area contributed by atoms with Crippen molar-refractivity contribution in [1.82, 2.24) is 9.97 Å². The van der Waals surface area contributed by atoms with Crippen LogP contribution in [0.4, 0.5) is 5.95 Å². The second-order valence-corrected chi connectivity index (χ2v) is 5.71. The molecule has 0 aliphatic carbocycles. The Kier molecular flexibility index (Phi) is 4.78. The Balaban J connectivity index is 2.32. The van der Waals surface area contributed by atoms with Gasteiger partial charge in [-0.1, -0.05) is 45.0 Å². The Labute approximate surface area is 125 Å². The van der Waals surface area contributed by atoms with Gasteiger partial charge in [-0.3, -0.25) is 9.78 Å². The van der Waals surface area contributed by atoms with E-state index in [0.29, 0.717) is 17.6 Å². The van der Waals surface area contributed by atoms with Gasteiger partial charge in [0.15, 0.2) is 0 Å². The number of hydrogen-bond acceptors (Lipinski definition) is 3. The van der Waals surface area contributed by atoms with Crippen molar-refractivity contribution < 1.29 is 0 Å². The van der Waals surface area contributed by atoms with Gasteiger partial charge >= 0.3 is 0 Å². The lowest BCUT2D eigenvalue weighted by molar-refractivity contribution is 0.752. The van der Waals surface area contributed by atoms with Crippen LogP contribution in [-0.4, -0.2) is 16.0 Å². The lowest BCUT2D eigenvalue weighted by atomic mass is 10.0. The van der Waals surface area contributed by atoms with E-state index < -0.39 is 0 Å². The van der Waals surface area contributed by atoms with Crippen LogP contribution in [0.2, 0.25) is 0 Å². The molecule has 1 aromatic heterocycles. The van der Waals surface area contributed by atoms with Crippen LogP contribution in [0.3, 0.4) is 0 Å². The predicted octanol–water partition coefficient (Wildman–Crippen LogP) is 3.77. The highest BCUT2D eigenvalue weighted by Gasteiger charge is 2.07. The van der Waals surface area contributed by atoms with Crippen LogP contribution in [-0.2, 0) is 0 Å². The predicted molar refractivity (Wildman–Crippen MR) is 87.8 cm³/mol. The fourth-order valence-corrected chi connectivity index (χ4v) is 2.05. The van der Waals surface area contributed by atoms with Gasteiger partial charge in [-0.05, 0) is 24.8 Å². The van der Waals surface area contributed by atoms with Crippen molar-refractivity contribution in [1.29, 1.82) is 0 Å². The number of aromatic amines is 1. The maximum Gasteiger partial charge on any atom is 0.252 e. The molecule has 0 bridgehead atoms. The molecule has 0 amide bonds. The van der Waals surface area contributed by atoms with Gasteiger partial charge in [0, 0.05) is 17.7 Å². The zero-order chi connectivity index (χ0) is 15.4. The number of H-pyrrole nitrogens is 1. The largest absolute Gasteiger partial charge is 0.353 e. The highest BCUT2D eigenvalue weighted by molar-refractivity contribution is 5.60. The summed E-state index contributed by atoms with van der Waals surface area (Å²) in [6.07, 6.45) is 0.969. The summed E-state index contributed by atoms with van der Waals surface area (Å²) in [6.45, 7) is 8.47. The van der Waals surface area contributed by atoms with E-state index in [0.717, 1.165) is 12.0 Å². The first-order valence-electron chi connectivity index (χ1n) is 7.47. The molecule has 0 saturated heterocycles. The van der Waals surface area contributed by atoms with E-state index in [1.54, 1.807) is 0 Å². The van der Waals surface area contributed by atoms with E-state index in [9.17, 15) is 4.79 Å². The lowest BCUT2D eigenvalue weighted by Gasteiger charge is -2.12. The molecule has 0 aliphatic heterocycles. The van der Waals surface area contributed by atoms with Crippen molar-refractivity contribution in [2.24, 2.45) is 0 Å². The van der Waals surface area contributed by atoms with Gasteiger partial charge in [-0.15, -0.1) is 0 Å². The molecule has 0 aliphatic rings. The van der Waals surface area contributed by atoms with E-state index in [4.69, 9.17) is 0 Å². The molecular formula is C17H23N3O. The van der Waals surface area contributed by atoms with Gasteiger partial charge in [0.25, 0.3) is 5.56 Å². The minimum absolute atomic E-state index is 0.140. The molecular weight excluding hydrogens is 262 g/mol. The highest BCUT2D eigenvalue weighted by Crippen LogP contribution is 2.21. The minimum Gasteiger partial charge on any atom is -0.353 e. The average Bonchev–Trinajstić information content (AvgIpc) is 2.46. The number of nitrogens with zero attached hydrogens (tertiary/aromatic N) is 1. The van der Waals surface area contributed by atoms with E-state index >= 15 is 0 Å². The summed E-state index contributed by atoms with van der Waals surface area (Å²) < 4.78 is 0. The first kappa shape index (κ1) is 15.3. The number of rotatable bonds is 5. The van der Waals surface area contributed by atoms with Crippen LogP contribution in [0.1, 0.15) is 45.6 Å². The lowest BCUT2D eigenvalue weighted by Crippen LogP contribution is -2.19. The van der Waals surface area contributed by atoms with E-state index in [-0.39, 0.29) is 11.6 Å². The van der Waals surface area contributed by atoms with Crippen LogP contribution in [0.5, 0.6) is 0 Å². The quantitative estimate of drug-likeness (QED) is 0.879. The number of anilines is 1. The molecule has 1 unspecified atom stereocenters. The SMILES string of the molecule is CCC(C)Nc1nc(-c2ccc(C(C)C)cc2)cc(=O)[nH]1. The number of benzene rings is 1. The molecule has 2 rings (SSSR count). The number of nitrogens with one attached hydrogen (secondary N) is 2. The molecule has 0 fully saturated rings. The van der Waals surface area contributed by atoms with Crippen molar-refractivity contribution in [3.8, 4) is 11.3 Å². The second kappa shape index (κ2) is 6.57. The third-order valence-corrected chi connectivity index (χ3v) is 3.61. The molecule has 1 heterocycles. The van der Waals surface area contributed by atoms with Crippen molar-refractivity contribution in [3.63, 3.8) is 0 Å². The normalized spacial score (nSPS) is 12.4. The first-order chi connectivity index (χ1) is 9.99. The van der Waals surface area contributed by atoms with Gasteiger partial charge in [-0.2, -0.15) is 0 Å². The summed E-state index contributed by atoms with van der Waals surface area (Å²) in [5.74, 6) is 1.02. The van der Waals surface area contributed by atoms with Crippen LogP contribution in [0, 0.1) is 0 Å². The molecule has 4 nitrogen and oxygen atoms in total. The van der Waals surface area contributed by atoms with E-state index in [2.05, 4.69) is 55.1 Å². The fraction of sp³-hybridized carbons (Fsp3) is 0.412. The maximum atomic E-state index is 11.8. The molecule has 0 radical (unpaired) electrons. The molecule has 1 atom stereocenters. The number of aromatic nitrogens is 2. The fourth-order valence-electron chi connectivity index (χ4n) is 2.05. The van der Waals surface area contributed by atoms with Gasteiger partial charge in [0.05, 0.1) is 5.69 Å². The van der Waals surface area contributed by atoms with Gasteiger partial charge < -0.3 is 5.32 Å². The molecule has 21 heavy (non-hydrogen) atoms. The van der Waals surface area contributed by atoms with Crippen LogP contribution in [0.15, 0.2) is 35.1 Å². The molecule has 112 valence electrons. The molecule has 0 saturated carbocycles. The summed E-state index contributed by atoms with van der Waals surface area (Å²) in [7, 11) is 0. The molecule has 2 N–H and O–H groups in total. The Bertz CT molecular complexity index is 644. The van der Waals surface area contributed by atoms with E-state index in [1.165, 1.54) is 11.6 Å². The summed E-state index contributed by atoms with van der Waals surface area (Å²) in [6, 6.07) is 10.0.